The second kappa shape index (κ2) is 16.6. The minimum Gasteiger partial charge on any atom is -0.377 e. The van der Waals surface area contributed by atoms with Crippen LogP contribution in [0.3, 0.4) is 0 Å². The Kier molecular flexibility index (Phi) is 11.2. The van der Waals surface area contributed by atoms with E-state index in [1.54, 1.807) is 24.4 Å². The zero-order chi connectivity index (χ0) is 40.2. The summed E-state index contributed by atoms with van der Waals surface area (Å²) in [6, 6.07) is 20.9. The lowest BCUT2D eigenvalue weighted by molar-refractivity contribution is -0.137. The predicted molar refractivity (Wildman–Crippen MR) is 220 cm³/mol. The number of fused-ring (bicyclic) bond motifs is 2. The van der Waals surface area contributed by atoms with E-state index in [-0.39, 0.29) is 42.3 Å². The van der Waals surface area contributed by atoms with E-state index < -0.39 is 11.9 Å². The highest BCUT2D eigenvalue weighted by Crippen LogP contribution is 2.38. The second-order valence-electron chi connectivity index (χ2n) is 14.9. The number of hydrogen-bond acceptors (Lipinski definition) is 8. The molecule has 0 radical (unpaired) electrons. The van der Waals surface area contributed by atoms with Crippen molar-refractivity contribution in [1.82, 2.24) is 25.5 Å². The van der Waals surface area contributed by atoms with Crippen molar-refractivity contribution in [2.45, 2.75) is 64.5 Å². The number of aromatic nitrogens is 2. The van der Waals surface area contributed by atoms with Crippen LogP contribution in [0.4, 0.5) is 5.69 Å². The van der Waals surface area contributed by atoms with Gasteiger partial charge in [0, 0.05) is 86.6 Å². The van der Waals surface area contributed by atoms with Crippen LogP contribution in [0.25, 0.3) is 33.2 Å². The van der Waals surface area contributed by atoms with Crippen molar-refractivity contribution in [1.29, 1.82) is 0 Å². The molecule has 57 heavy (non-hydrogen) atoms. The van der Waals surface area contributed by atoms with Gasteiger partial charge in [-0.1, -0.05) is 56.0 Å². The maximum absolute atomic E-state index is 13.1. The van der Waals surface area contributed by atoms with Crippen LogP contribution in [0.1, 0.15) is 88.5 Å². The molecule has 0 spiro atoms. The molecule has 2 N–H and O–H groups in total. The van der Waals surface area contributed by atoms with Gasteiger partial charge in [0.2, 0.25) is 11.8 Å². The van der Waals surface area contributed by atoms with Gasteiger partial charge in [0.05, 0.1) is 5.69 Å². The number of pyridine rings is 2. The number of piperidine rings is 1. The van der Waals surface area contributed by atoms with Crippen molar-refractivity contribution in [3.05, 3.63) is 113 Å². The number of anilines is 1. The molecule has 4 amide bonds. The molecule has 0 aliphatic carbocycles. The standard InChI is InChI=1S/C46H44N6O5/c1-28(2)36-22-32(24-42(51(3)4)34(36)15-9-21-53)33-13-8-12-30-23-40(49-26-37(30)33)31-16-17-39(48-25-31)44(55)47-20-6-5-10-29-11-7-14-35-38(29)27-52(46(35)57)41-18-19-43(54)50-45(41)56/h7-8,11-14,16-17,21-26,28,41H,6,9,15,18-20,27H2,1-4H3,(H,47,55)(H,50,54,56). The van der Waals surface area contributed by atoms with Crippen molar-refractivity contribution in [3.8, 4) is 34.2 Å². The fourth-order valence-electron chi connectivity index (χ4n) is 7.67. The van der Waals surface area contributed by atoms with Gasteiger partial charge in [-0.25, -0.2) is 0 Å². The summed E-state index contributed by atoms with van der Waals surface area (Å²) in [6.45, 7) is 4.92. The molecule has 11 heteroatoms. The van der Waals surface area contributed by atoms with Crippen LogP contribution in [-0.2, 0) is 27.3 Å². The number of nitrogens with one attached hydrogen (secondary N) is 2. The summed E-state index contributed by atoms with van der Waals surface area (Å²) in [7, 11) is 4.07. The molecule has 4 heterocycles. The second-order valence-corrected chi connectivity index (χ2v) is 14.9. The van der Waals surface area contributed by atoms with Gasteiger partial charge in [0.15, 0.2) is 0 Å². The Labute approximate surface area is 331 Å². The monoisotopic (exact) mass is 760 g/mol. The summed E-state index contributed by atoms with van der Waals surface area (Å²) in [6.07, 6.45) is 6.57. The minimum absolute atomic E-state index is 0.193. The van der Waals surface area contributed by atoms with Crippen LogP contribution in [0.15, 0.2) is 79.1 Å². The molecule has 2 aliphatic rings. The molecule has 5 aromatic rings. The minimum atomic E-state index is -0.690. The van der Waals surface area contributed by atoms with Crippen LogP contribution >= 0.6 is 0 Å². The SMILES string of the molecule is CC(C)c1cc(-c2cccc3cc(-c4ccc(C(=O)NCCC#Cc5cccc6c5CN(C5CCC(=O)NC5=O)C6=O)nc4)ncc23)cc(N(C)C)c1CCC=O. The van der Waals surface area contributed by atoms with Crippen LogP contribution < -0.4 is 15.5 Å². The smallest absolute Gasteiger partial charge is 0.269 e. The highest BCUT2D eigenvalue weighted by atomic mass is 16.2. The Bertz CT molecular complexity index is 2450. The largest absolute Gasteiger partial charge is 0.377 e. The van der Waals surface area contributed by atoms with Gasteiger partial charge in [-0.2, -0.15) is 0 Å². The van der Waals surface area contributed by atoms with Gasteiger partial charge < -0.3 is 19.9 Å². The highest BCUT2D eigenvalue weighted by Gasteiger charge is 2.39. The number of rotatable bonds is 11. The molecular formula is C46H44N6O5. The molecule has 0 bridgehead atoms. The first kappa shape index (κ1) is 38.6. The maximum Gasteiger partial charge on any atom is 0.269 e. The topological polar surface area (TPSA) is 142 Å². The average molecular weight is 761 g/mol. The van der Waals surface area contributed by atoms with E-state index in [4.69, 9.17) is 4.98 Å². The van der Waals surface area contributed by atoms with E-state index in [0.29, 0.717) is 43.4 Å². The van der Waals surface area contributed by atoms with Gasteiger partial charge in [-0.3, -0.25) is 34.5 Å². The Morgan fingerprint density at radius 2 is 1.81 bits per heavy atom. The lowest BCUT2D eigenvalue weighted by Crippen LogP contribution is -2.52. The van der Waals surface area contributed by atoms with Crippen molar-refractivity contribution >= 4 is 46.4 Å². The zero-order valence-corrected chi connectivity index (χ0v) is 32.5. The van der Waals surface area contributed by atoms with E-state index in [2.05, 4.69) is 70.5 Å². The van der Waals surface area contributed by atoms with Gasteiger partial charge in [0.1, 0.15) is 18.0 Å². The first-order chi connectivity index (χ1) is 27.5. The van der Waals surface area contributed by atoms with Crippen LogP contribution in [-0.4, -0.2) is 71.5 Å². The number of carbonyl (C=O) groups excluding carboxylic acids is 5. The summed E-state index contributed by atoms with van der Waals surface area (Å²) in [4.78, 5) is 74.2. The average Bonchev–Trinajstić information content (AvgIpc) is 3.55. The van der Waals surface area contributed by atoms with Crippen LogP contribution in [0.2, 0.25) is 0 Å². The third-order valence-corrected chi connectivity index (χ3v) is 10.6. The quantitative estimate of drug-likeness (QED) is 0.0701. The summed E-state index contributed by atoms with van der Waals surface area (Å²) in [5.74, 6) is 5.15. The van der Waals surface area contributed by atoms with Gasteiger partial charge in [0.25, 0.3) is 11.8 Å². The number of imide groups is 1. The predicted octanol–water partition coefficient (Wildman–Crippen LogP) is 6.22. The Balaban J connectivity index is 1.00. The lowest BCUT2D eigenvalue weighted by Gasteiger charge is -2.29. The Hall–Kier alpha value is -6.67. The molecule has 0 saturated carbocycles. The summed E-state index contributed by atoms with van der Waals surface area (Å²) >= 11 is 0. The molecule has 1 saturated heterocycles. The van der Waals surface area contributed by atoms with Crippen molar-refractivity contribution in [2.75, 3.05) is 25.5 Å². The van der Waals surface area contributed by atoms with E-state index in [1.165, 1.54) is 16.0 Å². The van der Waals surface area contributed by atoms with E-state index in [0.717, 1.165) is 50.7 Å². The third-order valence-electron chi connectivity index (χ3n) is 10.6. The first-order valence-corrected chi connectivity index (χ1v) is 19.2. The van der Waals surface area contributed by atoms with Crippen molar-refractivity contribution in [3.63, 3.8) is 0 Å². The fourth-order valence-corrected chi connectivity index (χ4v) is 7.67. The summed E-state index contributed by atoms with van der Waals surface area (Å²) < 4.78 is 0. The van der Waals surface area contributed by atoms with E-state index in [1.807, 2.05) is 44.6 Å². The van der Waals surface area contributed by atoms with E-state index in [9.17, 15) is 24.0 Å². The molecule has 288 valence electrons. The summed E-state index contributed by atoms with van der Waals surface area (Å²) in [5.41, 5.74) is 9.48. The number of carbonyl (C=O) groups is 5. The fraction of sp³-hybridized carbons (Fsp3) is 0.283. The Morgan fingerprint density at radius 1 is 1.00 bits per heavy atom. The normalized spacial score (nSPS) is 14.9. The molecule has 2 aliphatic heterocycles. The number of hydrogen-bond donors (Lipinski definition) is 2. The number of aldehydes is 1. The lowest BCUT2D eigenvalue weighted by atomic mass is 9.88. The molecule has 1 fully saturated rings. The number of amides is 4. The van der Waals surface area contributed by atoms with Crippen LogP contribution in [0, 0.1) is 11.8 Å². The maximum atomic E-state index is 13.1. The Morgan fingerprint density at radius 3 is 2.54 bits per heavy atom. The third kappa shape index (κ3) is 8.03. The van der Waals surface area contributed by atoms with Crippen LogP contribution in [0.5, 0.6) is 0 Å². The molecule has 1 atom stereocenters. The number of nitrogens with zero attached hydrogens (tertiary/aromatic N) is 4. The summed E-state index contributed by atoms with van der Waals surface area (Å²) in [5, 5.41) is 7.24. The molecule has 1 unspecified atom stereocenters. The van der Waals surface area contributed by atoms with Crippen molar-refractivity contribution < 1.29 is 24.0 Å². The molecule has 7 rings (SSSR count). The molecule has 3 aromatic carbocycles. The molecule has 11 nitrogen and oxygen atoms in total. The van der Waals surface area contributed by atoms with Crippen molar-refractivity contribution in [2.24, 2.45) is 0 Å². The van der Waals surface area contributed by atoms with E-state index >= 15 is 0 Å². The van der Waals surface area contributed by atoms with Gasteiger partial charge >= 0.3 is 0 Å². The number of benzene rings is 3. The molecule has 2 aromatic heterocycles. The highest BCUT2D eigenvalue weighted by molar-refractivity contribution is 6.05. The first-order valence-electron chi connectivity index (χ1n) is 19.2. The molecular weight excluding hydrogens is 717 g/mol. The van der Waals surface area contributed by atoms with Gasteiger partial charge in [-0.05, 0) is 88.4 Å². The van der Waals surface area contributed by atoms with Gasteiger partial charge in [-0.15, -0.1) is 0 Å². The zero-order valence-electron chi connectivity index (χ0n) is 32.5.